The van der Waals surface area contributed by atoms with Crippen molar-refractivity contribution in [3.8, 4) is 0 Å². The molecule has 0 saturated carbocycles. The van der Waals surface area contributed by atoms with Crippen molar-refractivity contribution in [1.29, 1.82) is 0 Å². The molecule has 6 nitrogen and oxygen atoms in total. The summed E-state index contributed by atoms with van der Waals surface area (Å²) in [6.45, 7) is 9.48. The van der Waals surface area contributed by atoms with Crippen LogP contribution in [0.4, 0.5) is 0 Å². The number of nitrogens with one attached hydrogen (secondary N) is 1. The number of sulfonamides is 1. The minimum absolute atomic E-state index is 0.361. The van der Waals surface area contributed by atoms with Gasteiger partial charge in [-0.3, -0.25) is 0 Å². The van der Waals surface area contributed by atoms with Gasteiger partial charge in [-0.2, -0.15) is 0 Å². The summed E-state index contributed by atoms with van der Waals surface area (Å²) in [5.41, 5.74) is 6.56. The van der Waals surface area contributed by atoms with E-state index in [-0.39, 0.29) is 0 Å². The Balaban J connectivity index is 3.92. The zero-order valence-corrected chi connectivity index (χ0v) is 12.3. The van der Waals surface area contributed by atoms with Crippen molar-refractivity contribution in [1.82, 2.24) is 9.62 Å². The lowest BCUT2D eigenvalue weighted by molar-refractivity contribution is 0.424. The van der Waals surface area contributed by atoms with Gasteiger partial charge < -0.3 is 11.1 Å². The van der Waals surface area contributed by atoms with Crippen LogP contribution in [0.1, 0.15) is 20.3 Å². The lowest BCUT2D eigenvalue weighted by atomic mass is 10.4. The van der Waals surface area contributed by atoms with Crippen LogP contribution in [0.25, 0.3) is 0 Å². The average Bonchev–Trinajstić information content (AvgIpc) is 2.24. The van der Waals surface area contributed by atoms with E-state index in [1.807, 2.05) is 13.8 Å². The van der Waals surface area contributed by atoms with Crippen molar-refractivity contribution in [2.45, 2.75) is 20.3 Å². The first-order valence-electron chi connectivity index (χ1n) is 5.90. The largest absolute Gasteiger partial charge is 0.370 e. The highest BCUT2D eigenvalue weighted by molar-refractivity contribution is 7.88. The molecule has 0 aliphatic rings. The van der Waals surface area contributed by atoms with E-state index >= 15 is 0 Å². The van der Waals surface area contributed by atoms with Crippen molar-refractivity contribution < 1.29 is 8.42 Å². The van der Waals surface area contributed by atoms with E-state index in [0.717, 1.165) is 5.57 Å². The fourth-order valence-corrected chi connectivity index (χ4v) is 2.24. The highest BCUT2D eigenvalue weighted by Crippen LogP contribution is 1.98. The molecule has 0 spiro atoms. The monoisotopic (exact) mass is 276 g/mol. The summed E-state index contributed by atoms with van der Waals surface area (Å²) in [4.78, 5) is 4.06. The molecule has 0 bridgehead atoms. The van der Waals surface area contributed by atoms with Gasteiger partial charge in [-0.05, 0) is 13.3 Å². The summed E-state index contributed by atoms with van der Waals surface area (Å²) in [5, 5.41) is 2.93. The predicted octanol–water partition coefficient (Wildman–Crippen LogP) is 0.138. The van der Waals surface area contributed by atoms with Crippen LogP contribution < -0.4 is 11.1 Å². The summed E-state index contributed by atoms with van der Waals surface area (Å²) < 4.78 is 24.1. The molecule has 0 atom stereocenters. The van der Waals surface area contributed by atoms with Gasteiger partial charge >= 0.3 is 0 Å². The van der Waals surface area contributed by atoms with Crippen LogP contribution in [-0.4, -0.2) is 51.1 Å². The Morgan fingerprint density at radius 1 is 1.50 bits per heavy atom. The quantitative estimate of drug-likeness (QED) is 0.286. The molecule has 0 aliphatic heterocycles. The Morgan fingerprint density at radius 3 is 2.56 bits per heavy atom. The van der Waals surface area contributed by atoms with Gasteiger partial charge in [0.15, 0.2) is 5.96 Å². The minimum Gasteiger partial charge on any atom is -0.370 e. The maximum Gasteiger partial charge on any atom is 0.211 e. The molecule has 106 valence electrons. The minimum atomic E-state index is -3.10. The smallest absolute Gasteiger partial charge is 0.211 e. The van der Waals surface area contributed by atoms with E-state index in [1.54, 1.807) is 0 Å². The molecule has 0 aromatic heterocycles. The van der Waals surface area contributed by atoms with E-state index < -0.39 is 10.0 Å². The van der Waals surface area contributed by atoms with Crippen LogP contribution in [0.15, 0.2) is 17.1 Å². The third-order valence-corrected chi connectivity index (χ3v) is 3.61. The third-order valence-electron chi connectivity index (χ3n) is 2.23. The molecule has 0 rings (SSSR count). The zero-order valence-electron chi connectivity index (χ0n) is 11.4. The molecule has 0 unspecified atom stereocenters. The Morgan fingerprint density at radius 2 is 2.11 bits per heavy atom. The number of hydrogen-bond donors (Lipinski definition) is 2. The van der Waals surface area contributed by atoms with Crippen LogP contribution in [0.2, 0.25) is 0 Å². The van der Waals surface area contributed by atoms with E-state index in [1.165, 1.54) is 10.6 Å². The molecule has 0 amide bonds. The number of nitrogens with two attached hydrogens (primary N) is 1. The average molecular weight is 276 g/mol. The van der Waals surface area contributed by atoms with Crippen LogP contribution in [0, 0.1) is 0 Å². The van der Waals surface area contributed by atoms with E-state index in [9.17, 15) is 8.42 Å². The fourth-order valence-electron chi connectivity index (χ4n) is 1.31. The van der Waals surface area contributed by atoms with E-state index in [0.29, 0.717) is 38.6 Å². The third kappa shape index (κ3) is 8.08. The number of aliphatic imine (C=N–C) groups is 1. The van der Waals surface area contributed by atoms with E-state index in [2.05, 4.69) is 16.9 Å². The second-order valence-corrected chi connectivity index (χ2v) is 6.18. The first kappa shape index (κ1) is 16.9. The van der Waals surface area contributed by atoms with Crippen molar-refractivity contribution in [3.63, 3.8) is 0 Å². The zero-order chi connectivity index (χ0) is 14.2. The molecule has 0 heterocycles. The first-order valence-corrected chi connectivity index (χ1v) is 7.75. The first-order chi connectivity index (χ1) is 8.27. The number of nitrogens with zero attached hydrogens (tertiary/aromatic N) is 2. The van der Waals surface area contributed by atoms with Gasteiger partial charge in [0.25, 0.3) is 0 Å². The molecular weight excluding hydrogens is 252 g/mol. The van der Waals surface area contributed by atoms with Crippen LogP contribution >= 0.6 is 0 Å². The molecule has 3 N–H and O–H groups in total. The van der Waals surface area contributed by atoms with Gasteiger partial charge in [-0.15, -0.1) is 0 Å². The predicted molar refractivity (Wildman–Crippen MR) is 76.0 cm³/mol. The van der Waals surface area contributed by atoms with Gasteiger partial charge in [0.2, 0.25) is 10.0 Å². The second-order valence-electron chi connectivity index (χ2n) is 4.19. The highest BCUT2D eigenvalue weighted by atomic mass is 32.2. The SMILES string of the molecule is C=C(C)CN=C(N)NCCCN(CC)S(C)(=O)=O. The molecule has 18 heavy (non-hydrogen) atoms. The summed E-state index contributed by atoms with van der Waals surface area (Å²) >= 11 is 0. The Hall–Kier alpha value is -1.08. The molecule has 0 aliphatic carbocycles. The van der Waals surface area contributed by atoms with E-state index in [4.69, 9.17) is 5.73 Å². The molecule has 0 radical (unpaired) electrons. The molecule has 0 aromatic rings. The lowest BCUT2D eigenvalue weighted by Gasteiger charge is -2.17. The van der Waals surface area contributed by atoms with Gasteiger partial charge in [-0.25, -0.2) is 17.7 Å². The Labute approximate surface area is 110 Å². The Kier molecular flexibility index (Phi) is 7.61. The van der Waals surface area contributed by atoms with Crippen LogP contribution in [0.3, 0.4) is 0 Å². The molecular formula is C11H24N4O2S. The normalized spacial score (nSPS) is 12.8. The topological polar surface area (TPSA) is 87.8 Å². The molecule has 0 saturated heterocycles. The summed E-state index contributed by atoms with van der Waals surface area (Å²) in [5.74, 6) is 0.361. The van der Waals surface area contributed by atoms with Crippen LogP contribution in [0.5, 0.6) is 0 Å². The molecule has 0 aromatic carbocycles. The maximum absolute atomic E-state index is 11.3. The van der Waals surface area contributed by atoms with Crippen molar-refractivity contribution >= 4 is 16.0 Å². The Bertz CT molecular complexity index is 390. The summed E-state index contributed by atoms with van der Waals surface area (Å²) in [7, 11) is -3.10. The highest BCUT2D eigenvalue weighted by Gasteiger charge is 2.12. The molecule has 0 fully saturated rings. The standard InChI is InChI=1S/C11H24N4O2S/c1-5-15(18(4,16)17)8-6-7-13-11(12)14-9-10(2)3/h2,5-9H2,1,3-4H3,(H3,12,13,14). The van der Waals surface area contributed by atoms with Crippen molar-refractivity contribution in [2.24, 2.45) is 10.7 Å². The van der Waals surface area contributed by atoms with Crippen molar-refractivity contribution in [2.75, 3.05) is 32.4 Å². The summed E-state index contributed by atoms with van der Waals surface area (Å²) in [6.07, 6.45) is 1.90. The summed E-state index contributed by atoms with van der Waals surface area (Å²) in [6, 6.07) is 0. The van der Waals surface area contributed by atoms with Gasteiger partial charge in [0.05, 0.1) is 12.8 Å². The number of hydrogen-bond acceptors (Lipinski definition) is 3. The lowest BCUT2D eigenvalue weighted by Crippen LogP contribution is -2.36. The van der Waals surface area contributed by atoms with Crippen LogP contribution in [-0.2, 0) is 10.0 Å². The van der Waals surface area contributed by atoms with Gasteiger partial charge in [0.1, 0.15) is 0 Å². The van der Waals surface area contributed by atoms with Crippen molar-refractivity contribution in [3.05, 3.63) is 12.2 Å². The number of rotatable bonds is 8. The van der Waals surface area contributed by atoms with Gasteiger partial charge in [0, 0.05) is 19.6 Å². The number of guanidine groups is 1. The maximum atomic E-state index is 11.3. The second kappa shape index (κ2) is 8.10. The van der Waals surface area contributed by atoms with Gasteiger partial charge in [-0.1, -0.05) is 19.1 Å². The fraction of sp³-hybridized carbons (Fsp3) is 0.727. The molecule has 7 heteroatoms.